The zero-order chi connectivity index (χ0) is 14.4. The molecule has 2 rings (SSSR count). The third-order valence-electron chi connectivity index (χ3n) is 2.59. The van der Waals surface area contributed by atoms with Crippen LogP contribution in [0.3, 0.4) is 0 Å². The largest absolute Gasteiger partial charge is 0.409 e. The van der Waals surface area contributed by atoms with Crippen molar-refractivity contribution in [3.8, 4) is 0 Å². The molecule has 0 spiro atoms. The van der Waals surface area contributed by atoms with Crippen LogP contribution in [0.15, 0.2) is 59.8 Å². The molecule has 20 heavy (non-hydrogen) atoms. The molecule has 0 aliphatic carbocycles. The number of nitrogens with two attached hydrogens (primary N) is 1. The number of carbonyl (C=O) groups is 1. The summed E-state index contributed by atoms with van der Waals surface area (Å²) in [6.45, 7) is 0. The first-order valence-electron chi connectivity index (χ1n) is 5.90. The Balaban J connectivity index is 2.12. The molecule has 0 radical (unpaired) electrons. The minimum Gasteiger partial charge on any atom is -0.409 e. The average molecular weight is 270 g/mol. The number of para-hydroxylation sites is 2. The van der Waals surface area contributed by atoms with Gasteiger partial charge in [-0.15, -0.1) is 0 Å². The summed E-state index contributed by atoms with van der Waals surface area (Å²) in [5, 5.41) is 17.0. The number of amidine groups is 1. The van der Waals surface area contributed by atoms with E-state index in [-0.39, 0.29) is 5.84 Å². The van der Waals surface area contributed by atoms with Gasteiger partial charge in [-0.25, -0.2) is 4.79 Å². The first-order valence-corrected chi connectivity index (χ1v) is 5.90. The molecule has 0 saturated heterocycles. The molecule has 2 aromatic rings. The third-order valence-corrected chi connectivity index (χ3v) is 2.59. The Bertz CT molecular complexity index is 626. The predicted octanol–water partition coefficient (Wildman–Crippen LogP) is 2.43. The minimum atomic E-state index is -0.408. The number of hydrogen-bond donors (Lipinski definition) is 4. The van der Waals surface area contributed by atoms with Crippen molar-refractivity contribution < 1.29 is 10.0 Å². The van der Waals surface area contributed by atoms with Crippen LogP contribution in [-0.2, 0) is 0 Å². The molecule has 0 saturated carbocycles. The van der Waals surface area contributed by atoms with Gasteiger partial charge < -0.3 is 21.6 Å². The van der Waals surface area contributed by atoms with E-state index in [0.29, 0.717) is 16.9 Å². The van der Waals surface area contributed by atoms with Gasteiger partial charge in [0.1, 0.15) is 0 Å². The van der Waals surface area contributed by atoms with Crippen molar-refractivity contribution in [2.75, 3.05) is 10.6 Å². The number of hydrogen-bond acceptors (Lipinski definition) is 3. The molecule has 2 amide bonds. The van der Waals surface area contributed by atoms with E-state index in [1.54, 1.807) is 36.4 Å². The number of urea groups is 1. The van der Waals surface area contributed by atoms with Crippen LogP contribution in [0.25, 0.3) is 0 Å². The quantitative estimate of drug-likeness (QED) is 0.298. The topological polar surface area (TPSA) is 99.7 Å². The summed E-state index contributed by atoms with van der Waals surface area (Å²) >= 11 is 0. The molecular formula is C14H14N4O2. The van der Waals surface area contributed by atoms with E-state index in [9.17, 15) is 4.79 Å². The summed E-state index contributed by atoms with van der Waals surface area (Å²) < 4.78 is 0. The highest BCUT2D eigenvalue weighted by atomic mass is 16.4. The van der Waals surface area contributed by atoms with Crippen molar-refractivity contribution in [2.24, 2.45) is 10.9 Å². The van der Waals surface area contributed by atoms with Gasteiger partial charge in [0.05, 0.1) is 5.69 Å². The van der Waals surface area contributed by atoms with E-state index in [0.717, 1.165) is 0 Å². The van der Waals surface area contributed by atoms with E-state index in [4.69, 9.17) is 10.9 Å². The molecule has 6 heteroatoms. The van der Waals surface area contributed by atoms with Gasteiger partial charge in [-0.3, -0.25) is 0 Å². The molecule has 0 unspecified atom stereocenters. The maximum absolute atomic E-state index is 11.9. The van der Waals surface area contributed by atoms with Crippen LogP contribution in [0.4, 0.5) is 16.2 Å². The zero-order valence-corrected chi connectivity index (χ0v) is 10.6. The van der Waals surface area contributed by atoms with Crippen LogP contribution in [-0.4, -0.2) is 17.1 Å². The number of amides is 2. The highest BCUT2D eigenvalue weighted by Crippen LogP contribution is 2.15. The average Bonchev–Trinajstić information content (AvgIpc) is 2.48. The van der Waals surface area contributed by atoms with Crippen LogP contribution < -0.4 is 16.4 Å². The highest BCUT2D eigenvalue weighted by Gasteiger charge is 2.09. The van der Waals surface area contributed by atoms with Crippen molar-refractivity contribution in [1.82, 2.24) is 0 Å². The van der Waals surface area contributed by atoms with Gasteiger partial charge in [0.25, 0.3) is 0 Å². The first kappa shape index (κ1) is 13.4. The van der Waals surface area contributed by atoms with Crippen LogP contribution in [0.1, 0.15) is 5.56 Å². The van der Waals surface area contributed by atoms with Crippen molar-refractivity contribution in [3.63, 3.8) is 0 Å². The van der Waals surface area contributed by atoms with Gasteiger partial charge in [-0.1, -0.05) is 35.5 Å². The van der Waals surface area contributed by atoms with Gasteiger partial charge in [-0.2, -0.15) is 0 Å². The zero-order valence-electron chi connectivity index (χ0n) is 10.6. The predicted molar refractivity (Wildman–Crippen MR) is 78.0 cm³/mol. The van der Waals surface area contributed by atoms with Crippen molar-refractivity contribution in [3.05, 3.63) is 60.2 Å². The molecule has 6 nitrogen and oxygen atoms in total. The number of anilines is 2. The van der Waals surface area contributed by atoms with E-state index in [1.807, 2.05) is 18.2 Å². The lowest BCUT2D eigenvalue weighted by molar-refractivity contribution is 0.262. The fourth-order valence-electron chi connectivity index (χ4n) is 1.68. The van der Waals surface area contributed by atoms with Crippen LogP contribution in [0, 0.1) is 0 Å². The highest BCUT2D eigenvalue weighted by molar-refractivity contribution is 6.07. The Kier molecular flexibility index (Phi) is 4.18. The van der Waals surface area contributed by atoms with Crippen LogP contribution in [0.2, 0.25) is 0 Å². The molecule has 5 N–H and O–H groups in total. The van der Waals surface area contributed by atoms with Crippen LogP contribution >= 0.6 is 0 Å². The molecule has 0 fully saturated rings. The minimum absolute atomic E-state index is 0.0689. The smallest absolute Gasteiger partial charge is 0.323 e. The van der Waals surface area contributed by atoms with Gasteiger partial charge in [0, 0.05) is 11.3 Å². The van der Waals surface area contributed by atoms with Crippen molar-refractivity contribution in [1.29, 1.82) is 0 Å². The molecule has 0 aromatic heterocycles. The first-order chi connectivity index (χ1) is 9.70. The maximum Gasteiger partial charge on any atom is 0.323 e. The SMILES string of the molecule is N/C(=N/O)c1ccccc1NC(=O)Nc1ccccc1. The summed E-state index contributed by atoms with van der Waals surface area (Å²) in [5.41, 5.74) is 7.12. The van der Waals surface area contributed by atoms with Gasteiger partial charge >= 0.3 is 6.03 Å². The molecular weight excluding hydrogens is 256 g/mol. The lowest BCUT2D eigenvalue weighted by atomic mass is 10.1. The second kappa shape index (κ2) is 6.24. The Labute approximate surface area is 115 Å². The third kappa shape index (κ3) is 3.26. The number of nitrogens with one attached hydrogen (secondary N) is 2. The Hall–Kier alpha value is -3.02. The summed E-state index contributed by atoms with van der Waals surface area (Å²) in [5.74, 6) is -0.0689. The fourth-order valence-corrected chi connectivity index (χ4v) is 1.68. The van der Waals surface area contributed by atoms with Gasteiger partial charge in [0.2, 0.25) is 0 Å². The molecule has 0 aliphatic rings. The Morgan fingerprint density at radius 2 is 1.65 bits per heavy atom. The molecule has 0 aliphatic heterocycles. The molecule has 2 aromatic carbocycles. The van der Waals surface area contributed by atoms with E-state index < -0.39 is 6.03 Å². The number of benzene rings is 2. The number of oxime groups is 1. The second-order valence-corrected chi connectivity index (χ2v) is 3.98. The van der Waals surface area contributed by atoms with E-state index in [2.05, 4.69) is 15.8 Å². The monoisotopic (exact) mass is 270 g/mol. The van der Waals surface area contributed by atoms with E-state index in [1.165, 1.54) is 0 Å². The number of rotatable bonds is 3. The Morgan fingerprint density at radius 3 is 2.35 bits per heavy atom. The number of nitrogens with zero attached hydrogens (tertiary/aromatic N) is 1. The normalized spacial score (nSPS) is 10.9. The van der Waals surface area contributed by atoms with Gasteiger partial charge in [-0.05, 0) is 24.3 Å². The molecule has 102 valence electrons. The summed E-state index contributed by atoms with van der Waals surface area (Å²) in [7, 11) is 0. The van der Waals surface area contributed by atoms with Crippen LogP contribution in [0.5, 0.6) is 0 Å². The van der Waals surface area contributed by atoms with Gasteiger partial charge in [0.15, 0.2) is 5.84 Å². The Morgan fingerprint density at radius 1 is 1.00 bits per heavy atom. The number of carbonyl (C=O) groups excluding carboxylic acids is 1. The summed E-state index contributed by atoms with van der Waals surface area (Å²) in [6.07, 6.45) is 0. The summed E-state index contributed by atoms with van der Waals surface area (Å²) in [6, 6.07) is 15.4. The maximum atomic E-state index is 11.9. The van der Waals surface area contributed by atoms with Crippen molar-refractivity contribution in [2.45, 2.75) is 0 Å². The van der Waals surface area contributed by atoms with E-state index >= 15 is 0 Å². The summed E-state index contributed by atoms with van der Waals surface area (Å²) in [4.78, 5) is 11.9. The molecule has 0 heterocycles. The van der Waals surface area contributed by atoms with Crippen molar-refractivity contribution >= 4 is 23.2 Å². The fraction of sp³-hybridized carbons (Fsp3) is 0. The lowest BCUT2D eigenvalue weighted by Gasteiger charge is -2.11. The standard InChI is InChI=1S/C14H14N4O2/c15-13(18-20)11-8-4-5-9-12(11)17-14(19)16-10-6-2-1-3-7-10/h1-9,20H,(H2,15,18)(H2,16,17,19). The lowest BCUT2D eigenvalue weighted by Crippen LogP contribution is -2.22. The molecule has 0 atom stereocenters. The molecule has 0 bridgehead atoms. The second-order valence-electron chi connectivity index (χ2n) is 3.98.